The fourth-order valence-electron chi connectivity index (χ4n) is 3.97. The molecular formula is C26H30N2O4. The summed E-state index contributed by atoms with van der Waals surface area (Å²) in [5.41, 5.74) is 4.61. The number of nitrogens with zero attached hydrogens (tertiary/aromatic N) is 1. The molecule has 0 unspecified atom stereocenters. The van der Waals surface area contributed by atoms with Crippen molar-refractivity contribution in [1.29, 1.82) is 0 Å². The highest BCUT2D eigenvalue weighted by atomic mass is 16.5. The van der Waals surface area contributed by atoms with Gasteiger partial charge >= 0.3 is 0 Å². The topological polar surface area (TPSA) is 63.9 Å². The molecule has 0 radical (unpaired) electrons. The van der Waals surface area contributed by atoms with Crippen LogP contribution in [0.2, 0.25) is 0 Å². The largest absolute Gasteiger partial charge is 0.493 e. The van der Waals surface area contributed by atoms with Crippen molar-refractivity contribution >= 4 is 22.4 Å². The maximum atomic E-state index is 12.5. The van der Waals surface area contributed by atoms with Crippen molar-refractivity contribution in [2.75, 3.05) is 46.0 Å². The predicted octanol–water partition coefficient (Wildman–Crippen LogP) is 4.35. The number of furan rings is 1. The van der Waals surface area contributed by atoms with Gasteiger partial charge in [-0.05, 0) is 31.1 Å². The SMILES string of the molecule is CCOc1cc2occ(-c3ccccc3)c2cc1/C(C)=C/C(=O)NCCN1CCOCC1. The Balaban J connectivity index is 1.55. The Morgan fingerprint density at radius 1 is 1.19 bits per heavy atom. The molecule has 1 N–H and O–H groups in total. The highest BCUT2D eigenvalue weighted by molar-refractivity contribution is 6.00. The Kier molecular flexibility index (Phi) is 7.24. The fraction of sp³-hybridized carbons (Fsp3) is 0.346. The molecule has 1 amide bonds. The van der Waals surface area contributed by atoms with Gasteiger partial charge in [0, 0.05) is 54.8 Å². The molecule has 1 aliphatic rings. The Morgan fingerprint density at radius 3 is 2.72 bits per heavy atom. The van der Waals surface area contributed by atoms with Crippen molar-refractivity contribution in [2.45, 2.75) is 13.8 Å². The van der Waals surface area contributed by atoms with Crippen molar-refractivity contribution in [3.05, 3.63) is 60.4 Å². The number of hydrogen-bond acceptors (Lipinski definition) is 5. The minimum Gasteiger partial charge on any atom is -0.493 e. The van der Waals surface area contributed by atoms with Crippen LogP contribution in [0.25, 0.3) is 27.7 Å². The summed E-state index contributed by atoms with van der Waals surface area (Å²) in [4.78, 5) is 14.8. The zero-order valence-electron chi connectivity index (χ0n) is 18.7. The number of morpholine rings is 1. The molecule has 0 saturated carbocycles. The first-order valence-corrected chi connectivity index (χ1v) is 11.2. The first-order chi connectivity index (χ1) is 15.7. The summed E-state index contributed by atoms with van der Waals surface area (Å²) in [5, 5.41) is 3.99. The van der Waals surface area contributed by atoms with Gasteiger partial charge in [-0.2, -0.15) is 0 Å². The molecule has 6 nitrogen and oxygen atoms in total. The second-order valence-corrected chi connectivity index (χ2v) is 7.87. The van der Waals surface area contributed by atoms with Crippen LogP contribution in [0.3, 0.4) is 0 Å². The van der Waals surface area contributed by atoms with Gasteiger partial charge in [-0.25, -0.2) is 0 Å². The summed E-state index contributed by atoms with van der Waals surface area (Å²) in [6.45, 7) is 9.20. The van der Waals surface area contributed by atoms with Crippen LogP contribution in [-0.2, 0) is 9.53 Å². The molecule has 1 fully saturated rings. The van der Waals surface area contributed by atoms with E-state index in [1.807, 2.05) is 38.1 Å². The molecule has 0 spiro atoms. The number of carbonyl (C=O) groups is 1. The quantitative estimate of drug-likeness (QED) is 0.534. The van der Waals surface area contributed by atoms with E-state index < -0.39 is 0 Å². The van der Waals surface area contributed by atoms with Crippen LogP contribution in [0.1, 0.15) is 19.4 Å². The van der Waals surface area contributed by atoms with Crippen LogP contribution >= 0.6 is 0 Å². The smallest absolute Gasteiger partial charge is 0.244 e. The molecule has 1 aromatic heterocycles. The summed E-state index contributed by atoms with van der Waals surface area (Å²) >= 11 is 0. The molecule has 168 valence electrons. The standard InChI is InChI=1S/C26H30N2O4/c1-3-31-24-17-25-22(23(18-32-25)20-7-5-4-6-8-20)16-21(24)19(2)15-26(29)27-9-10-28-11-13-30-14-12-28/h4-8,15-18H,3,9-14H2,1-2H3,(H,27,29)/b19-15+. The number of allylic oxidation sites excluding steroid dienone is 1. The van der Waals surface area contributed by atoms with Gasteiger partial charge < -0.3 is 19.2 Å². The van der Waals surface area contributed by atoms with Gasteiger partial charge in [0.15, 0.2) is 0 Å². The lowest BCUT2D eigenvalue weighted by molar-refractivity contribution is -0.116. The molecule has 0 atom stereocenters. The van der Waals surface area contributed by atoms with Crippen molar-refractivity contribution in [2.24, 2.45) is 0 Å². The summed E-state index contributed by atoms with van der Waals surface area (Å²) in [7, 11) is 0. The first-order valence-electron chi connectivity index (χ1n) is 11.2. The Hall–Kier alpha value is -3.09. The van der Waals surface area contributed by atoms with E-state index in [0.29, 0.717) is 18.9 Å². The second kappa shape index (κ2) is 10.5. The van der Waals surface area contributed by atoms with Gasteiger partial charge in [0.05, 0.1) is 26.1 Å². The van der Waals surface area contributed by atoms with E-state index in [2.05, 4.69) is 28.4 Å². The van der Waals surface area contributed by atoms with Crippen LogP contribution in [0.15, 0.2) is 59.2 Å². The van der Waals surface area contributed by atoms with E-state index in [4.69, 9.17) is 13.9 Å². The molecule has 2 aromatic carbocycles. The molecule has 4 rings (SSSR count). The summed E-state index contributed by atoms with van der Waals surface area (Å²) < 4.78 is 17.1. The lowest BCUT2D eigenvalue weighted by Gasteiger charge is -2.26. The average Bonchev–Trinajstić information content (AvgIpc) is 3.23. The van der Waals surface area contributed by atoms with Gasteiger partial charge in [0.25, 0.3) is 0 Å². The number of nitrogens with one attached hydrogen (secondary N) is 1. The lowest BCUT2D eigenvalue weighted by Crippen LogP contribution is -2.41. The maximum Gasteiger partial charge on any atom is 0.244 e. The van der Waals surface area contributed by atoms with Crippen LogP contribution in [0.5, 0.6) is 5.75 Å². The number of hydrogen-bond donors (Lipinski definition) is 1. The van der Waals surface area contributed by atoms with Crippen molar-refractivity contribution < 1.29 is 18.7 Å². The third kappa shape index (κ3) is 5.21. The first kappa shape index (κ1) is 22.1. The Morgan fingerprint density at radius 2 is 1.97 bits per heavy atom. The van der Waals surface area contributed by atoms with E-state index in [1.165, 1.54) is 0 Å². The van der Waals surface area contributed by atoms with Gasteiger partial charge in [-0.1, -0.05) is 30.3 Å². The number of ether oxygens (including phenoxy) is 2. The number of amides is 1. The molecule has 0 bridgehead atoms. The zero-order chi connectivity index (χ0) is 22.3. The minimum absolute atomic E-state index is 0.103. The van der Waals surface area contributed by atoms with E-state index in [-0.39, 0.29) is 5.91 Å². The van der Waals surface area contributed by atoms with Crippen LogP contribution < -0.4 is 10.1 Å². The lowest BCUT2D eigenvalue weighted by atomic mass is 9.99. The number of rotatable bonds is 8. The summed E-state index contributed by atoms with van der Waals surface area (Å²) in [5.74, 6) is 0.609. The summed E-state index contributed by atoms with van der Waals surface area (Å²) in [6, 6.07) is 14.1. The van der Waals surface area contributed by atoms with Gasteiger partial charge in [-0.3, -0.25) is 9.69 Å². The third-order valence-electron chi connectivity index (χ3n) is 5.66. The highest BCUT2D eigenvalue weighted by Crippen LogP contribution is 2.37. The van der Waals surface area contributed by atoms with Gasteiger partial charge in [-0.15, -0.1) is 0 Å². The minimum atomic E-state index is -0.103. The average molecular weight is 435 g/mol. The molecule has 1 aliphatic heterocycles. The fourth-order valence-corrected chi connectivity index (χ4v) is 3.97. The van der Waals surface area contributed by atoms with Gasteiger partial charge in [0.1, 0.15) is 11.3 Å². The molecule has 0 aliphatic carbocycles. The van der Waals surface area contributed by atoms with E-state index in [1.54, 1.807) is 12.3 Å². The molecule has 2 heterocycles. The number of benzene rings is 2. The molecule has 32 heavy (non-hydrogen) atoms. The van der Waals surface area contributed by atoms with E-state index in [0.717, 1.165) is 66.1 Å². The number of carbonyl (C=O) groups excluding carboxylic acids is 1. The monoisotopic (exact) mass is 434 g/mol. The Bertz CT molecular complexity index is 1080. The second-order valence-electron chi connectivity index (χ2n) is 7.87. The normalized spacial score (nSPS) is 15.1. The van der Waals surface area contributed by atoms with E-state index in [9.17, 15) is 4.79 Å². The van der Waals surface area contributed by atoms with E-state index >= 15 is 0 Å². The molecule has 6 heteroatoms. The predicted molar refractivity (Wildman–Crippen MR) is 127 cm³/mol. The third-order valence-corrected chi connectivity index (χ3v) is 5.66. The maximum absolute atomic E-state index is 12.5. The van der Waals surface area contributed by atoms with Crippen molar-refractivity contribution in [3.8, 4) is 16.9 Å². The van der Waals surface area contributed by atoms with Crippen LogP contribution in [-0.4, -0.2) is 56.8 Å². The van der Waals surface area contributed by atoms with Crippen LogP contribution in [0, 0.1) is 0 Å². The molecule has 1 saturated heterocycles. The highest BCUT2D eigenvalue weighted by Gasteiger charge is 2.15. The van der Waals surface area contributed by atoms with Crippen molar-refractivity contribution in [3.63, 3.8) is 0 Å². The zero-order valence-corrected chi connectivity index (χ0v) is 18.7. The van der Waals surface area contributed by atoms with Crippen molar-refractivity contribution in [1.82, 2.24) is 10.2 Å². The van der Waals surface area contributed by atoms with Crippen LogP contribution in [0.4, 0.5) is 0 Å². The number of fused-ring (bicyclic) bond motifs is 1. The molecule has 3 aromatic rings. The van der Waals surface area contributed by atoms with Gasteiger partial charge in [0.2, 0.25) is 5.91 Å². The summed E-state index contributed by atoms with van der Waals surface area (Å²) in [6.07, 6.45) is 3.42. The Labute approximate surface area is 188 Å². The molecular weight excluding hydrogens is 404 g/mol.